The quantitative estimate of drug-likeness (QED) is 0.725. The SMILES string of the molecule is O=C(NCCSCCCO)C1(c2cccc(F)c2)CCC1. The fourth-order valence-corrected chi connectivity index (χ4v) is 3.42. The number of hydrogen-bond donors (Lipinski definition) is 2. The average molecular weight is 311 g/mol. The predicted molar refractivity (Wildman–Crippen MR) is 84.0 cm³/mol. The van der Waals surface area contributed by atoms with E-state index >= 15 is 0 Å². The van der Waals surface area contributed by atoms with Crippen LogP contribution in [0.1, 0.15) is 31.2 Å². The standard InChI is InChI=1S/C16H22FNO2S/c17-14-5-1-4-13(12-14)16(6-2-7-16)15(20)18-8-11-21-10-3-9-19/h1,4-5,12,19H,2-3,6-11H2,(H,18,20). The summed E-state index contributed by atoms with van der Waals surface area (Å²) in [6.07, 6.45) is 3.38. The van der Waals surface area contributed by atoms with Crippen molar-refractivity contribution in [1.29, 1.82) is 0 Å². The van der Waals surface area contributed by atoms with Crippen molar-refractivity contribution in [1.82, 2.24) is 5.32 Å². The van der Waals surface area contributed by atoms with E-state index in [1.807, 2.05) is 6.07 Å². The van der Waals surface area contributed by atoms with Crippen molar-refractivity contribution in [2.75, 3.05) is 24.7 Å². The molecule has 1 aromatic rings. The van der Waals surface area contributed by atoms with Crippen LogP contribution in [0.5, 0.6) is 0 Å². The molecule has 0 unspecified atom stereocenters. The van der Waals surface area contributed by atoms with Crippen LogP contribution in [0.4, 0.5) is 4.39 Å². The highest BCUT2D eigenvalue weighted by Crippen LogP contribution is 2.44. The summed E-state index contributed by atoms with van der Waals surface area (Å²) in [5, 5.41) is 11.7. The lowest BCUT2D eigenvalue weighted by Gasteiger charge is -2.40. The molecule has 0 bridgehead atoms. The van der Waals surface area contributed by atoms with E-state index in [2.05, 4.69) is 5.32 Å². The van der Waals surface area contributed by atoms with Crippen molar-refractivity contribution in [3.8, 4) is 0 Å². The molecule has 1 saturated carbocycles. The molecule has 1 aliphatic rings. The number of aliphatic hydroxyl groups excluding tert-OH is 1. The molecule has 0 aliphatic heterocycles. The van der Waals surface area contributed by atoms with Crippen molar-refractivity contribution in [2.24, 2.45) is 0 Å². The molecule has 0 atom stereocenters. The first-order valence-electron chi connectivity index (χ1n) is 7.42. The molecule has 1 amide bonds. The molecular weight excluding hydrogens is 289 g/mol. The van der Waals surface area contributed by atoms with Crippen molar-refractivity contribution in [3.63, 3.8) is 0 Å². The maximum Gasteiger partial charge on any atom is 0.230 e. The van der Waals surface area contributed by atoms with Gasteiger partial charge in [-0.15, -0.1) is 0 Å². The molecule has 5 heteroatoms. The third kappa shape index (κ3) is 3.98. The van der Waals surface area contributed by atoms with Gasteiger partial charge >= 0.3 is 0 Å². The van der Waals surface area contributed by atoms with E-state index in [-0.39, 0.29) is 18.3 Å². The Morgan fingerprint density at radius 3 is 2.81 bits per heavy atom. The molecule has 1 fully saturated rings. The number of halogens is 1. The van der Waals surface area contributed by atoms with Crippen LogP contribution in [-0.2, 0) is 10.2 Å². The van der Waals surface area contributed by atoms with E-state index in [4.69, 9.17) is 5.11 Å². The topological polar surface area (TPSA) is 49.3 Å². The van der Waals surface area contributed by atoms with Crippen LogP contribution in [0.2, 0.25) is 0 Å². The molecule has 0 aromatic heterocycles. The van der Waals surface area contributed by atoms with Gasteiger partial charge in [-0.05, 0) is 42.7 Å². The van der Waals surface area contributed by atoms with Gasteiger partial charge in [-0.2, -0.15) is 11.8 Å². The van der Waals surface area contributed by atoms with E-state index in [1.165, 1.54) is 12.1 Å². The second-order valence-corrected chi connectivity index (χ2v) is 6.62. The molecule has 21 heavy (non-hydrogen) atoms. The number of rotatable bonds is 8. The average Bonchev–Trinajstić information content (AvgIpc) is 2.41. The molecule has 116 valence electrons. The first-order chi connectivity index (χ1) is 10.2. The highest BCUT2D eigenvalue weighted by molar-refractivity contribution is 7.99. The Balaban J connectivity index is 1.87. The van der Waals surface area contributed by atoms with E-state index < -0.39 is 5.41 Å². The van der Waals surface area contributed by atoms with Gasteiger partial charge in [0.2, 0.25) is 5.91 Å². The number of aliphatic hydroxyl groups is 1. The summed E-state index contributed by atoms with van der Waals surface area (Å²) in [5.41, 5.74) is 0.261. The van der Waals surface area contributed by atoms with Crippen molar-refractivity contribution < 1.29 is 14.3 Å². The Labute approximate surface area is 129 Å². The van der Waals surface area contributed by atoms with Gasteiger partial charge in [0.15, 0.2) is 0 Å². The zero-order valence-electron chi connectivity index (χ0n) is 12.1. The number of benzene rings is 1. The lowest BCUT2D eigenvalue weighted by molar-refractivity contribution is -0.129. The van der Waals surface area contributed by atoms with Crippen molar-refractivity contribution in [2.45, 2.75) is 31.1 Å². The molecule has 0 radical (unpaired) electrons. The fraction of sp³-hybridized carbons (Fsp3) is 0.562. The zero-order chi connectivity index (χ0) is 15.1. The zero-order valence-corrected chi connectivity index (χ0v) is 12.9. The van der Waals surface area contributed by atoms with Crippen LogP contribution in [0.25, 0.3) is 0 Å². The monoisotopic (exact) mass is 311 g/mol. The number of carbonyl (C=O) groups is 1. The second kappa shape index (κ2) is 7.80. The third-order valence-electron chi connectivity index (χ3n) is 4.00. The Kier molecular flexibility index (Phi) is 6.06. The predicted octanol–water partition coefficient (Wildman–Crippen LogP) is 2.48. The molecule has 0 saturated heterocycles. The summed E-state index contributed by atoms with van der Waals surface area (Å²) in [6, 6.07) is 6.40. The van der Waals surface area contributed by atoms with Gasteiger partial charge in [-0.1, -0.05) is 18.6 Å². The van der Waals surface area contributed by atoms with E-state index in [9.17, 15) is 9.18 Å². The fourth-order valence-electron chi connectivity index (χ4n) is 2.64. The highest BCUT2D eigenvalue weighted by Gasteiger charge is 2.45. The molecule has 2 N–H and O–H groups in total. The summed E-state index contributed by atoms with van der Waals surface area (Å²) in [7, 11) is 0. The van der Waals surface area contributed by atoms with Gasteiger partial charge in [-0.25, -0.2) is 4.39 Å². The summed E-state index contributed by atoms with van der Waals surface area (Å²) in [4.78, 5) is 12.5. The number of nitrogens with one attached hydrogen (secondary N) is 1. The minimum absolute atomic E-state index is 0.0158. The second-order valence-electron chi connectivity index (χ2n) is 5.39. The third-order valence-corrected chi connectivity index (χ3v) is 5.07. The van der Waals surface area contributed by atoms with Crippen LogP contribution in [0.3, 0.4) is 0 Å². The number of carbonyl (C=O) groups excluding carboxylic acids is 1. The molecular formula is C16H22FNO2S. The van der Waals surface area contributed by atoms with Crippen LogP contribution >= 0.6 is 11.8 Å². The smallest absolute Gasteiger partial charge is 0.230 e. The lowest BCUT2D eigenvalue weighted by atomic mass is 9.64. The molecule has 0 heterocycles. The highest BCUT2D eigenvalue weighted by atomic mass is 32.2. The van der Waals surface area contributed by atoms with Gasteiger partial charge in [-0.3, -0.25) is 4.79 Å². The largest absolute Gasteiger partial charge is 0.396 e. The first kappa shape index (κ1) is 16.3. The number of thioether (sulfide) groups is 1. The van der Waals surface area contributed by atoms with E-state index in [0.29, 0.717) is 6.54 Å². The molecule has 3 nitrogen and oxygen atoms in total. The Bertz CT molecular complexity index is 477. The summed E-state index contributed by atoms with van der Waals surface area (Å²) in [6.45, 7) is 0.827. The summed E-state index contributed by atoms with van der Waals surface area (Å²) < 4.78 is 13.4. The Morgan fingerprint density at radius 1 is 1.38 bits per heavy atom. The van der Waals surface area contributed by atoms with Gasteiger partial charge < -0.3 is 10.4 Å². The van der Waals surface area contributed by atoms with Crippen LogP contribution in [0, 0.1) is 5.82 Å². The minimum atomic E-state index is -0.530. The van der Waals surface area contributed by atoms with Crippen LogP contribution in [-0.4, -0.2) is 35.7 Å². The number of amides is 1. The van der Waals surface area contributed by atoms with Gasteiger partial charge in [0.1, 0.15) is 5.82 Å². The minimum Gasteiger partial charge on any atom is -0.396 e. The van der Waals surface area contributed by atoms with Crippen LogP contribution in [0.15, 0.2) is 24.3 Å². The van der Waals surface area contributed by atoms with Crippen molar-refractivity contribution in [3.05, 3.63) is 35.6 Å². The number of hydrogen-bond acceptors (Lipinski definition) is 3. The molecule has 2 rings (SSSR count). The van der Waals surface area contributed by atoms with Crippen LogP contribution < -0.4 is 5.32 Å². The summed E-state index contributed by atoms with van der Waals surface area (Å²) >= 11 is 1.72. The molecule has 1 aliphatic carbocycles. The van der Waals surface area contributed by atoms with Crippen molar-refractivity contribution >= 4 is 17.7 Å². The Morgan fingerprint density at radius 2 is 2.19 bits per heavy atom. The maximum absolute atomic E-state index is 13.4. The van der Waals surface area contributed by atoms with E-state index in [0.717, 1.165) is 42.8 Å². The lowest BCUT2D eigenvalue weighted by Crippen LogP contribution is -2.49. The molecule has 1 aromatic carbocycles. The van der Waals surface area contributed by atoms with E-state index in [1.54, 1.807) is 17.8 Å². The Hall–Kier alpha value is -1.07. The molecule has 0 spiro atoms. The summed E-state index contributed by atoms with van der Waals surface area (Å²) in [5.74, 6) is 1.47. The first-order valence-corrected chi connectivity index (χ1v) is 8.57. The van der Waals surface area contributed by atoms with Gasteiger partial charge in [0.25, 0.3) is 0 Å². The van der Waals surface area contributed by atoms with Gasteiger partial charge in [0, 0.05) is 18.9 Å². The van der Waals surface area contributed by atoms with Gasteiger partial charge in [0.05, 0.1) is 5.41 Å². The normalized spacial score (nSPS) is 16.3. The maximum atomic E-state index is 13.4.